The zero-order valence-corrected chi connectivity index (χ0v) is 16.6. The lowest BCUT2D eigenvalue weighted by Crippen LogP contribution is -2.16. The van der Waals surface area contributed by atoms with E-state index in [-0.39, 0.29) is 0 Å². The Morgan fingerprint density at radius 1 is 0.625 bits per heavy atom. The summed E-state index contributed by atoms with van der Waals surface area (Å²) in [6.45, 7) is 9.00. The zero-order chi connectivity index (χ0) is 18.0. The molecule has 2 rings (SSSR count). The van der Waals surface area contributed by atoms with E-state index in [1.165, 1.54) is 44.8 Å². The molecule has 0 atom stereocenters. The van der Waals surface area contributed by atoms with E-state index in [1.807, 2.05) is 0 Å². The molecule has 0 unspecified atom stereocenters. The molecule has 0 amide bonds. The summed E-state index contributed by atoms with van der Waals surface area (Å²) < 4.78 is 0. The highest BCUT2D eigenvalue weighted by molar-refractivity contribution is 5.92. The number of hydrogen-bond donors (Lipinski definition) is 0. The van der Waals surface area contributed by atoms with Crippen molar-refractivity contribution in [2.75, 3.05) is 38.0 Å². The van der Waals surface area contributed by atoms with Crippen LogP contribution in [0, 0.1) is 13.8 Å². The first-order valence-corrected chi connectivity index (χ1v) is 8.93. The van der Waals surface area contributed by atoms with Gasteiger partial charge in [0.15, 0.2) is 0 Å². The van der Waals surface area contributed by atoms with Gasteiger partial charge >= 0.3 is 0 Å². The fraction of sp³-hybridized carbons (Fsp3) is 0.455. The molecule has 0 aliphatic rings. The quantitative estimate of drug-likeness (QED) is 0.743. The molecule has 0 radical (unpaired) electrons. The molecule has 24 heavy (non-hydrogen) atoms. The molecule has 0 fully saturated rings. The third kappa shape index (κ3) is 3.15. The summed E-state index contributed by atoms with van der Waals surface area (Å²) in [4.78, 5) is 4.49. The maximum Gasteiger partial charge on any atom is 0.0444 e. The van der Waals surface area contributed by atoms with E-state index in [1.54, 1.807) is 0 Å². The Hall–Kier alpha value is -1.96. The van der Waals surface area contributed by atoms with Gasteiger partial charge in [0.1, 0.15) is 0 Å². The lowest BCUT2D eigenvalue weighted by atomic mass is 9.86. The van der Waals surface area contributed by atoms with Crippen LogP contribution in [-0.4, -0.2) is 28.2 Å². The second-order valence-electron chi connectivity index (χ2n) is 7.01. The van der Waals surface area contributed by atoms with Gasteiger partial charge in [-0.3, -0.25) is 0 Å². The average Bonchev–Trinajstić information content (AvgIpc) is 2.53. The van der Waals surface area contributed by atoms with E-state index >= 15 is 0 Å². The summed E-state index contributed by atoms with van der Waals surface area (Å²) >= 11 is 0. The Balaban J connectivity index is 3.00. The number of rotatable bonds is 5. The largest absolute Gasteiger partial charge is 0.377 e. The molecule has 0 heterocycles. The number of benzene rings is 2. The molecule has 2 aromatic rings. The first-order chi connectivity index (χ1) is 11.3. The van der Waals surface area contributed by atoms with Gasteiger partial charge in [0.05, 0.1) is 0 Å². The number of aryl methyl sites for hydroxylation is 2. The van der Waals surface area contributed by atoms with E-state index < -0.39 is 0 Å². The highest BCUT2D eigenvalue weighted by Crippen LogP contribution is 2.43. The Labute approximate surface area is 148 Å². The van der Waals surface area contributed by atoms with Crippen molar-refractivity contribution in [3.05, 3.63) is 46.5 Å². The summed E-state index contributed by atoms with van der Waals surface area (Å²) in [6, 6.07) is 9.05. The fourth-order valence-corrected chi connectivity index (χ4v) is 3.69. The van der Waals surface area contributed by atoms with Gasteiger partial charge in [-0.15, -0.1) is 0 Å². The van der Waals surface area contributed by atoms with Crippen molar-refractivity contribution in [3.8, 4) is 11.1 Å². The third-order valence-electron chi connectivity index (χ3n) is 4.97. The summed E-state index contributed by atoms with van der Waals surface area (Å²) in [5.74, 6) is 0. The lowest BCUT2D eigenvalue weighted by molar-refractivity contribution is 1.05. The highest BCUT2D eigenvalue weighted by atomic mass is 15.1. The summed E-state index contributed by atoms with van der Waals surface area (Å²) in [5.41, 5.74) is 11.1. The van der Waals surface area contributed by atoms with Crippen LogP contribution in [0.4, 0.5) is 11.4 Å². The monoisotopic (exact) mass is 324 g/mol. The van der Waals surface area contributed by atoms with Crippen LogP contribution in [0.2, 0.25) is 0 Å². The highest BCUT2D eigenvalue weighted by Gasteiger charge is 2.21. The van der Waals surface area contributed by atoms with Crippen molar-refractivity contribution in [2.45, 2.75) is 40.5 Å². The Bertz CT molecular complexity index is 664. The molecule has 0 saturated carbocycles. The summed E-state index contributed by atoms with van der Waals surface area (Å²) in [5, 5.41) is 0. The molecule has 2 nitrogen and oxygen atoms in total. The molecule has 0 saturated heterocycles. The van der Waals surface area contributed by atoms with Crippen molar-refractivity contribution in [3.63, 3.8) is 0 Å². The van der Waals surface area contributed by atoms with Gasteiger partial charge in [-0.25, -0.2) is 0 Å². The minimum Gasteiger partial charge on any atom is -0.377 e. The van der Waals surface area contributed by atoms with Gasteiger partial charge in [-0.05, 0) is 61.1 Å². The molecule has 2 heteroatoms. The van der Waals surface area contributed by atoms with Crippen LogP contribution >= 0.6 is 0 Å². The van der Waals surface area contributed by atoms with E-state index in [2.05, 4.69) is 90.0 Å². The normalized spacial score (nSPS) is 10.8. The fourth-order valence-electron chi connectivity index (χ4n) is 3.69. The Morgan fingerprint density at radius 2 is 0.958 bits per heavy atom. The van der Waals surface area contributed by atoms with Crippen LogP contribution in [0.1, 0.15) is 36.1 Å². The summed E-state index contributed by atoms with van der Waals surface area (Å²) in [7, 11) is 8.57. The van der Waals surface area contributed by atoms with E-state index in [0.717, 1.165) is 12.8 Å². The molecule has 0 spiro atoms. The molecule has 0 aliphatic heterocycles. The molecule has 130 valence electrons. The number of anilines is 2. The van der Waals surface area contributed by atoms with Crippen molar-refractivity contribution in [1.29, 1.82) is 0 Å². The maximum atomic E-state index is 2.27. The van der Waals surface area contributed by atoms with Gasteiger partial charge < -0.3 is 9.80 Å². The molecule has 0 bridgehead atoms. The first kappa shape index (κ1) is 18.4. The minimum absolute atomic E-state index is 1.05. The van der Waals surface area contributed by atoms with E-state index in [0.29, 0.717) is 0 Å². The van der Waals surface area contributed by atoms with Crippen molar-refractivity contribution < 1.29 is 0 Å². The SMILES string of the molecule is CCc1c(C)ccc(N(C)C)c1-c1c(N(C)C)ccc(C)c1CC. The Kier molecular flexibility index (Phi) is 5.58. The van der Waals surface area contributed by atoms with Gasteiger partial charge in [0.2, 0.25) is 0 Å². The van der Waals surface area contributed by atoms with E-state index in [4.69, 9.17) is 0 Å². The first-order valence-electron chi connectivity index (χ1n) is 8.93. The minimum atomic E-state index is 1.05. The predicted molar refractivity (Wildman–Crippen MR) is 109 cm³/mol. The smallest absolute Gasteiger partial charge is 0.0444 e. The van der Waals surface area contributed by atoms with Crippen molar-refractivity contribution >= 4 is 11.4 Å². The van der Waals surface area contributed by atoms with Crippen LogP contribution in [0.3, 0.4) is 0 Å². The van der Waals surface area contributed by atoms with Crippen LogP contribution in [0.5, 0.6) is 0 Å². The van der Waals surface area contributed by atoms with Gasteiger partial charge in [-0.2, -0.15) is 0 Å². The summed E-state index contributed by atoms with van der Waals surface area (Å²) in [6.07, 6.45) is 2.10. The third-order valence-corrected chi connectivity index (χ3v) is 4.97. The molecule has 2 aromatic carbocycles. The standard InChI is InChI=1S/C22H32N2/c1-9-17-15(3)11-13-19(23(5)6)21(17)22-18(10-2)16(4)12-14-20(22)24(7)8/h11-14H,9-10H2,1-8H3. The number of hydrogen-bond acceptors (Lipinski definition) is 2. The van der Waals surface area contributed by atoms with E-state index in [9.17, 15) is 0 Å². The van der Waals surface area contributed by atoms with Crippen LogP contribution in [0.15, 0.2) is 24.3 Å². The Morgan fingerprint density at radius 3 is 1.21 bits per heavy atom. The van der Waals surface area contributed by atoms with Crippen LogP contribution in [0.25, 0.3) is 11.1 Å². The van der Waals surface area contributed by atoms with Crippen LogP contribution in [-0.2, 0) is 12.8 Å². The number of nitrogens with zero attached hydrogens (tertiary/aromatic N) is 2. The lowest BCUT2D eigenvalue weighted by Gasteiger charge is -2.28. The van der Waals surface area contributed by atoms with Crippen molar-refractivity contribution in [2.24, 2.45) is 0 Å². The molecule has 0 aliphatic carbocycles. The topological polar surface area (TPSA) is 6.48 Å². The van der Waals surface area contributed by atoms with Gasteiger partial charge in [-0.1, -0.05) is 26.0 Å². The van der Waals surface area contributed by atoms with Gasteiger partial charge in [0, 0.05) is 50.7 Å². The predicted octanol–water partition coefficient (Wildman–Crippen LogP) is 5.23. The average molecular weight is 325 g/mol. The molecule has 0 aromatic heterocycles. The zero-order valence-electron chi connectivity index (χ0n) is 16.6. The van der Waals surface area contributed by atoms with Crippen LogP contribution < -0.4 is 9.80 Å². The van der Waals surface area contributed by atoms with Crippen molar-refractivity contribution in [1.82, 2.24) is 0 Å². The second-order valence-corrected chi connectivity index (χ2v) is 7.01. The molecular formula is C22H32N2. The van der Waals surface area contributed by atoms with Gasteiger partial charge in [0.25, 0.3) is 0 Å². The maximum absolute atomic E-state index is 2.27. The molecule has 0 N–H and O–H groups in total. The second kappa shape index (κ2) is 7.29. The molecular weight excluding hydrogens is 292 g/mol.